The highest BCUT2D eigenvalue weighted by atomic mass is 15.2. The average molecular weight is 859 g/mol. The number of benzene rings is 2. The van der Waals surface area contributed by atoms with Crippen molar-refractivity contribution >= 4 is 55.2 Å². The molecule has 12 nitrogen and oxygen atoms in total. The van der Waals surface area contributed by atoms with Crippen molar-refractivity contribution in [3.05, 3.63) is 147 Å². The second-order valence-electron chi connectivity index (χ2n) is 16.3. The van der Waals surface area contributed by atoms with E-state index in [2.05, 4.69) is 130 Å². The van der Waals surface area contributed by atoms with Crippen LogP contribution in [0.3, 0.4) is 0 Å². The fraction of sp³-hybridized carbons (Fsp3) is 0.208. The van der Waals surface area contributed by atoms with Gasteiger partial charge in [0.2, 0.25) is 0 Å². The number of likely N-dealkylation sites (N-methyl/N-ethyl adjacent to an activating group) is 1. The normalized spacial score (nSPS) is 14.2. The maximum atomic E-state index is 4.73. The molecule has 2 aliphatic heterocycles. The molecule has 326 valence electrons. The predicted octanol–water partition coefficient (Wildman–Crippen LogP) is 10.1. The van der Waals surface area contributed by atoms with Crippen LogP contribution in [0.1, 0.15) is 14.9 Å². The molecule has 0 saturated carbocycles. The third-order valence-corrected chi connectivity index (χ3v) is 12.3. The lowest BCUT2D eigenvalue weighted by Gasteiger charge is -2.34. The summed E-state index contributed by atoms with van der Waals surface area (Å²) in [6.45, 7) is 8.44. The second kappa shape index (κ2) is 18.7. The maximum Gasteiger partial charge on any atom is 0.138 e. The predicted molar refractivity (Wildman–Crippen MR) is 268 cm³/mol. The minimum atomic E-state index is 0. The van der Waals surface area contributed by atoms with Gasteiger partial charge in [-0.25, -0.2) is 9.97 Å². The molecule has 2 aromatic carbocycles. The van der Waals surface area contributed by atoms with Crippen molar-refractivity contribution in [3.63, 3.8) is 0 Å². The van der Waals surface area contributed by atoms with E-state index in [9.17, 15) is 0 Å². The Hall–Kier alpha value is -7.54. The fourth-order valence-electron chi connectivity index (χ4n) is 8.76. The number of hydrogen-bond donors (Lipinski definition) is 3. The molecule has 2 fully saturated rings. The molecule has 0 bridgehead atoms. The van der Waals surface area contributed by atoms with E-state index in [1.807, 2.05) is 61.4 Å². The van der Waals surface area contributed by atoms with Crippen LogP contribution in [0, 0.1) is 0 Å². The van der Waals surface area contributed by atoms with Crippen LogP contribution in [-0.4, -0.2) is 104 Å². The standard InChI is InChI=1S/C26H24N6.C25H22N6.2CH4/c1-31-8-10-32(11-9-31)21-6-2-4-18(12-21)20-13-23-22-14-24(19-5-3-7-27-15-19)28-17-25(22)30-26(23)29-16-20;1-3-17(11-20(5-1)31-9-7-26-8-10-31)19-12-22-21-13-23(18-4-2-6-27-14-18)28-16-24(21)30-25(22)29-15-19;;/h2-7,12-17H,8-11H2,1H3,(H,29,30);1-6,11-16,26H,7-10H2,(H,29,30);2*1H4. The van der Waals surface area contributed by atoms with Crippen molar-refractivity contribution in [2.24, 2.45) is 0 Å². The Bertz CT molecular complexity index is 3200. The van der Waals surface area contributed by atoms with E-state index in [1.54, 1.807) is 12.4 Å². The van der Waals surface area contributed by atoms with Crippen molar-refractivity contribution in [2.45, 2.75) is 14.9 Å². The van der Waals surface area contributed by atoms with Gasteiger partial charge in [-0.3, -0.25) is 19.9 Å². The first kappa shape index (κ1) is 42.7. The number of anilines is 2. The topological polar surface area (TPSA) is 131 Å². The van der Waals surface area contributed by atoms with E-state index in [4.69, 9.17) is 9.97 Å². The Morgan fingerprint density at radius 1 is 0.431 bits per heavy atom. The van der Waals surface area contributed by atoms with Crippen LogP contribution in [0.25, 0.3) is 88.6 Å². The molecule has 0 atom stereocenters. The molecule has 0 spiro atoms. The molecule has 0 unspecified atom stereocenters. The first-order chi connectivity index (χ1) is 31.1. The number of aromatic nitrogens is 8. The van der Waals surface area contributed by atoms with Crippen LogP contribution in [0.2, 0.25) is 0 Å². The van der Waals surface area contributed by atoms with Crippen LogP contribution < -0.4 is 15.1 Å². The van der Waals surface area contributed by atoms with Gasteiger partial charge in [0.25, 0.3) is 0 Å². The first-order valence-electron chi connectivity index (χ1n) is 21.6. The Labute approximate surface area is 379 Å². The van der Waals surface area contributed by atoms with Crippen LogP contribution in [-0.2, 0) is 0 Å². The molecule has 0 radical (unpaired) electrons. The van der Waals surface area contributed by atoms with Gasteiger partial charge in [0.15, 0.2) is 0 Å². The third kappa shape index (κ3) is 8.73. The summed E-state index contributed by atoms with van der Waals surface area (Å²) in [5, 5.41) is 7.87. The van der Waals surface area contributed by atoms with Gasteiger partial charge in [-0.05, 0) is 91.0 Å². The lowest BCUT2D eigenvalue weighted by molar-refractivity contribution is 0.313. The smallest absolute Gasteiger partial charge is 0.138 e. The Kier molecular flexibility index (Phi) is 12.3. The maximum absolute atomic E-state index is 4.73. The third-order valence-electron chi connectivity index (χ3n) is 12.3. The molecule has 2 saturated heterocycles. The summed E-state index contributed by atoms with van der Waals surface area (Å²) in [6, 6.07) is 34.2. The molecule has 0 aliphatic carbocycles. The quantitative estimate of drug-likeness (QED) is 0.149. The number of piperazine rings is 2. The van der Waals surface area contributed by atoms with Crippen molar-refractivity contribution in [1.29, 1.82) is 0 Å². The summed E-state index contributed by atoms with van der Waals surface area (Å²) in [4.78, 5) is 41.2. The summed E-state index contributed by atoms with van der Waals surface area (Å²) in [6.07, 6.45) is 14.9. The molecular formula is C53H54N12. The Morgan fingerprint density at radius 2 is 0.908 bits per heavy atom. The molecule has 12 rings (SSSR count). The molecule has 0 amide bonds. The van der Waals surface area contributed by atoms with E-state index in [1.165, 1.54) is 22.5 Å². The Balaban J connectivity index is 0.000000159. The summed E-state index contributed by atoms with van der Waals surface area (Å²) in [5.74, 6) is 0. The zero-order valence-electron chi connectivity index (χ0n) is 35.0. The summed E-state index contributed by atoms with van der Waals surface area (Å²) in [5.41, 5.74) is 14.7. The number of H-pyrrole nitrogens is 2. The number of aromatic amines is 2. The van der Waals surface area contributed by atoms with E-state index in [0.29, 0.717) is 0 Å². The van der Waals surface area contributed by atoms with Gasteiger partial charge in [-0.2, -0.15) is 0 Å². The number of pyridine rings is 6. The zero-order chi connectivity index (χ0) is 42.1. The lowest BCUT2D eigenvalue weighted by Crippen LogP contribution is -2.44. The summed E-state index contributed by atoms with van der Waals surface area (Å²) in [7, 11) is 2.19. The van der Waals surface area contributed by atoms with E-state index >= 15 is 0 Å². The number of hydrogen-bond acceptors (Lipinski definition) is 10. The second-order valence-corrected chi connectivity index (χ2v) is 16.3. The van der Waals surface area contributed by atoms with Crippen LogP contribution >= 0.6 is 0 Å². The SMILES string of the molecule is C.C.CN1CCN(c2cccc(-c3cnc4[nH]c5cnc(-c6cccnc6)cc5c4c3)c2)CC1.c1cncc(-c2cc3c(cn2)[nH]c2ncc(-c4cccc(N5CCNCC5)c4)cc23)c1. The fourth-order valence-corrected chi connectivity index (χ4v) is 8.76. The first-order valence-corrected chi connectivity index (χ1v) is 21.6. The van der Waals surface area contributed by atoms with Crippen LogP contribution in [0.5, 0.6) is 0 Å². The molecule has 10 aromatic rings. The van der Waals surface area contributed by atoms with Gasteiger partial charge in [-0.1, -0.05) is 39.1 Å². The number of nitrogens with one attached hydrogen (secondary N) is 3. The molecule has 12 heteroatoms. The van der Waals surface area contributed by atoms with Crippen molar-refractivity contribution < 1.29 is 0 Å². The van der Waals surface area contributed by atoms with Crippen molar-refractivity contribution in [3.8, 4) is 44.8 Å². The van der Waals surface area contributed by atoms with Gasteiger partial charge < -0.3 is 30.0 Å². The van der Waals surface area contributed by atoms with Gasteiger partial charge >= 0.3 is 0 Å². The summed E-state index contributed by atoms with van der Waals surface area (Å²) >= 11 is 0. The van der Waals surface area contributed by atoms with Crippen molar-refractivity contribution in [2.75, 3.05) is 69.2 Å². The van der Waals surface area contributed by atoms with Gasteiger partial charge in [-0.15, -0.1) is 0 Å². The molecule has 65 heavy (non-hydrogen) atoms. The van der Waals surface area contributed by atoms with Gasteiger partial charge in [0.1, 0.15) is 11.3 Å². The van der Waals surface area contributed by atoms with Crippen LogP contribution in [0.4, 0.5) is 11.4 Å². The number of nitrogens with zero attached hydrogens (tertiary/aromatic N) is 9. The highest BCUT2D eigenvalue weighted by molar-refractivity contribution is 6.08. The van der Waals surface area contributed by atoms with Crippen molar-refractivity contribution in [1.82, 2.24) is 50.1 Å². The zero-order valence-corrected chi connectivity index (χ0v) is 35.0. The highest BCUT2D eigenvalue weighted by Crippen LogP contribution is 2.34. The summed E-state index contributed by atoms with van der Waals surface area (Å²) < 4.78 is 0. The highest BCUT2D eigenvalue weighted by Gasteiger charge is 2.17. The largest absolute Gasteiger partial charge is 0.369 e. The minimum Gasteiger partial charge on any atom is -0.369 e. The monoisotopic (exact) mass is 858 g/mol. The van der Waals surface area contributed by atoms with E-state index in [0.717, 1.165) is 130 Å². The lowest BCUT2D eigenvalue weighted by atomic mass is 10.0. The van der Waals surface area contributed by atoms with Gasteiger partial charge in [0.05, 0.1) is 34.8 Å². The number of rotatable bonds is 6. The van der Waals surface area contributed by atoms with E-state index in [-0.39, 0.29) is 14.9 Å². The minimum absolute atomic E-state index is 0. The molecular weight excluding hydrogens is 805 g/mol. The van der Waals surface area contributed by atoms with E-state index < -0.39 is 0 Å². The van der Waals surface area contributed by atoms with Gasteiger partial charge in [0, 0.05) is 145 Å². The Morgan fingerprint density at radius 3 is 1.38 bits per heavy atom. The average Bonchev–Trinajstić information content (AvgIpc) is 3.92. The number of fused-ring (bicyclic) bond motifs is 6. The molecule has 3 N–H and O–H groups in total. The molecule has 8 aromatic heterocycles. The van der Waals surface area contributed by atoms with Crippen LogP contribution in [0.15, 0.2) is 147 Å². The molecule has 10 heterocycles. The molecule has 2 aliphatic rings.